The van der Waals surface area contributed by atoms with Crippen LogP contribution in [-0.4, -0.2) is 25.8 Å². The molecule has 0 saturated carbocycles. The molecule has 2 heteroatoms. The third-order valence-electron chi connectivity index (χ3n) is 1.07. The smallest absolute Gasteiger partial charge is 0.0925 e. The molecular formula is C8H15NO. The van der Waals surface area contributed by atoms with E-state index in [-0.39, 0.29) is 6.04 Å². The van der Waals surface area contributed by atoms with Crippen molar-refractivity contribution in [3.05, 3.63) is 0 Å². The van der Waals surface area contributed by atoms with Crippen LogP contribution in [0.25, 0.3) is 0 Å². The van der Waals surface area contributed by atoms with Crippen LogP contribution in [0.4, 0.5) is 0 Å². The SMILES string of the molecule is C#CC(COC)NC(C)C. The summed E-state index contributed by atoms with van der Waals surface area (Å²) in [5, 5.41) is 3.17. The summed E-state index contributed by atoms with van der Waals surface area (Å²) in [5.41, 5.74) is 0. The fraction of sp³-hybridized carbons (Fsp3) is 0.750. The molecule has 1 N–H and O–H groups in total. The summed E-state index contributed by atoms with van der Waals surface area (Å²) in [6, 6.07) is 0.459. The lowest BCUT2D eigenvalue weighted by molar-refractivity contribution is 0.180. The minimum absolute atomic E-state index is 0.0463. The summed E-state index contributed by atoms with van der Waals surface area (Å²) >= 11 is 0. The minimum Gasteiger partial charge on any atom is -0.382 e. The largest absolute Gasteiger partial charge is 0.382 e. The molecule has 0 amide bonds. The number of hydrogen-bond acceptors (Lipinski definition) is 2. The summed E-state index contributed by atoms with van der Waals surface area (Å²) in [7, 11) is 1.65. The Bertz CT molecular complexity index is 115. The van der Waals surface area contributed by atoms with E-state index in [4.69, 9.17) is 11.2 Å². The summed E-state index contributed by atoms with van der Waals surface area (Å²) in [5.74, 6) is 2.60. The Morgan fingerprint density at radius 1 is 1.60 bits per heavy atom. The lowest BCUT2D eigenvalue weighted by atomic mass is 10.3. The van der Waals surface area contributed by atoms with Crippen LogP contribution < -0.4 is 5.32 Å². The second kappa shape index (κ2) is 5.28. The van der Waals surface area contributed by atoms with E-state index in [1.807, 2.05) is 0 Å². The predicted octanol–water partition coefficient (Wildman–Crippen LogP) is 0.633. The summed E-state index contributed by atoms with van der Waals surface area (Å²) in [4.78, 5) is 0. The van der Waals surface area contributed by atoms with Gasteiger partial charge in [0, 0.05) is 13.2 Å². The van der Waals surface area contributed by atoms with Gasteiger partial charge in [-0.25, -0.2) is 0 Å². The highest BCUT2D eigenvalue weighted by molar-refractivity contribution is 4.99. The van der Waals surface area contributed by atoms with Crippen LogP contribution in [-0.2, 0) is 4.74 Å². The first-order chi connectivity index (χ1) is 4.70. The topological polar surface area (TPSA) is 21.3 Å². The van der Waals surface area contributed by atoms with Gasteiger partial charge in [0.2, 0.25) is 0 Å². The summed E-state index contributed by atoms with van der Waals surface area (Å²) < 4.78 is 4.89. The van der Waals surface area contributed by atoms with Gasteiger partial charge >= 0.3 is 0 Å². The lowest BCUT2D eigenvalue weighted by Gasteiger charge is -2.14. The predicted molar refractivity (Wildman–Crippen MR) is 42.8 cm³/mol. The van der Waals surface area contributed by atoms with Crippen molar-refractivity contribution in [3.63, 3.8) is 0 Å². The summed E-state index contributed by atoms with van der Waals surface area (Å²) in [6.07, 6.45) is 5.21. The van der Waals surface area contributed by atoms with E-state index in [1.54, 1.807) is 7.11 Å². The fourth-order valence-corrected chi connectivity index (χ4v) is 0.713. The van der Waals surface area contributed by atoms with Crippen molar-refractivity contribution >= 4 is 0 Å². The molecule has 0 bridgehead atoms. The number of terminal acetylenes is 1. The molecule has 0 aromatic heterocycles. The highest BCUT2D eigenvalue weighted by Crippen LogP contribution is 1.85. The Labute approximate surface area is 63.0 Å². The van der Waals surface area contributed by atoms with Gasteiger partial charge in [0.15, 0.2) is 0 Å². The Kier molecular flexibility index (Phi) is 5.00. The highest BCUT2D eigenvalue weighted by atomic mass is 16.5. The molecule has 0 spiro atoms. The van der Waals surface area contributed by atoms with Gasteiger partial charge in [0.05, 0.1) is 12.6 Å². The zero-order valence-electron chi connectivity index (χ0n) is 6.85. The van der Waals surface area contributed by atoms with Gasteiger partial charge in [-0.3, -0.25) is 5.32 Å². The lowest BCUT2D eigenvalue weighted by Crippen LogP contribution is -2.36. The Hall–Kier alpha value is -0.520. The second-order valence-electron chi connectivity index (χ2n) is 2.50. The van der Waals surface area contributed by atoms with E-state index in [1.165, 1.54) is 0 Å². The van der Waals surface area contributed by atoms with Crippen molar-refractivity contribution in [3.8, 4) is 12.3 Å². The highest BCUT2D eigenvalue weighted by Gasteiger charge is 2.03. The molecule has 0 rings (SSSR count). The van der Waals surface area contributed by atoms with Crippen molar-refractivity contribution in [2.75, 3.05) is 13.7 Å². The zero-order chi connectivity index (χ0) is 7.98. The summed E-state index contributed by atoms with van der Waals surface area (Å²) in [6.45, 7) is 4.69. The van der Waals surface area contributed by atoms with Crippen LogP contribution in [0, 0.1) is 12.3 Å². The van der Waals surface area contributed by atoms with Crippen molar-refractivity contribution in [1.29, 1.82) is 0 Å². The minimum atomic E-state index is 0.0463. The van der Waals surface area contributed by atoms with Crippen LogP contribution in [0.5, 0.6) is 0 Å². The molecule has 0 fully saturated rings. The fourth-order valence-electron chi connectivity index (χ4n) is 0.713. The first-order valence-electron chi connectivity index (χ1n) is 3.41. The van der Waals surface area contributed by atoms with Gasteiger partial charge in [0.25, 0.3) is 0 Å². The van der Waals surface area contributed by atoms with Crippen LogP contribution >= 0.6 is 0 Å². The van der Waals surface area contributed by atoms with Crippen LogP contribution in [0.3, 0.4) is 0 Å². The molecule has 1 atom stereocenters. The Morgan fingerprint density at radius 2 is 2.20 bits per heavy atom. The second-order valence-corrected chi connectivity index (χ2v) is 2.50. The van der Waals surface area contributed by atoms with Gasteiger partial charge in [0.1, 0.15) is 0 Å². The van der Waals surface area contributed by atoms with Crippen molar-refractivity contribution < 1.29 is 4.74 Å². The molecule has 0 aliphatic carbocycles. The van der Waals surface area contributed by atoms with Gasteiger partial charge in [-0.2, -0.15) is 0 Å². The number of rotatable bonds is 4. The van der Waals surface area contributed by atoms with Crippen LogP contribution in [0.1, 0.15) is 13.8 Å². The van der Waals surface area contributed by atoms with Crippen LogP contribution in [0.15, 0.2) is 0 Å². The molecule has 1 unspecified atom stereocenters. The van der Waals surface area contributed by atoms with Crippen molar-refractivity contribution in [1.82, 2.24) is 5.32 Å². The zero-order valence-corrected chi connectivity index (χ0v) is 6.85. The standard InChI is InChI=1S/C8H15NO/c1-5-8(6-10-4)9-7(2)3/h1,7-9H,6H2,2-4H3. The van der Waals surface area contributed by atoms with E-state index in [9.17, 15) is 0 Å². The molecule has 0 heterocycles. The maximum Gasteiger partial charge on any atom is 0.0925 e. The maximum atomic E-state index is 5.21. The molecule has 0 aromatic carbocycles. The third kappa shape index (κ3) is 4.37. The van der Waals surface area contributed by atoms with E-state index in [2.05, 4.69) is 25.1 Å². The van der Waals surface area contributed by atoms with Gasteiger partial charge in [-0.05, 0) is 13.8 Å². The maximum absolute atomic E-state index is 5.21. The van der Waals surface area contributed by atoms with Crippen molar-refractivity contribution in [2.45, 2.75) is 25.9 Å². The number of ether oxygens (including phenoxy) is 1. The van der Waals surface area contributed by atoms with Gasteiger partial charge in [-0.1, -0.05) is 5.92 Å². The molecule has 0 aliphatic rings. The van der Waals surface area contributed by atoms with Gasteiger partial charge in [-0.15, -0.1) is 6.42 Å². The molecule has 2 nitrogen and oxygen atoms in total. The van der Waals surface area contributed by atoms with Crippen molar-refractivity contribution in [2.24, 2.45) is 0 Å². The molecule has 0 saturated heterocycles. The van der Waals surface area contributed by atoms with E-state index in [0.29, 0.717) is 12.6 Å². The first-order valence-corrected chi connectivity index (χ1v) is 3.41. The molecule has 0 aliphatic heterocycles. The first kappa shape index (κ1) is 9.48. The van der Waals surface area contributed by atoms with E-state index >= 15 is 0 Å². The monoisotopic (exact) mass is 141 g/mol. The molecule has 0 radical (unpaired) electrons. The molecule has 58 valence electrons. The number of methoxy groups -OCH3 is 1. The van der Waals surface area contributed by atoms with Crippen LogP contribution in [0.2, 0.25) is 0 Å². The Morgan fingerprint density at radius 3 is 2.50 bits per heavy atom. The number of hydrogen-bond donors (Lipinski definition) is 1. The van der Waals surface area contributed by atoms with Gasteiger partial charge < -0.3 is 4.74 Å². The quantitative estimate of drug-likeness (QED) is 0.580. The average molecular weight is 141 g/mol. The molecular weight excluding hydrogens is 126 g/mol. The normalized spacial score (nSPS) is 13.1. The average Bonchev–Trinajstić information content (AvgIpc) is 1.86. The van der Waals surface area contributed by atoms with E-state index in [0.717, 1.165) is 0 Å². The molecule has 0 aromatic rings. The third-order valence-corrected chi connectivity index (χ3v) is 1.07. The molecule has 10 heavy (non-hydrogen) atoms. The van der Waals surface area contributed by atoms with E-state index < -0.39 is 0 Å². The Balaban J connectivity index is 3.52. The number of nitrogens with one attached hydrogen (secondary N) is 1.